The summed E-state index contributed by atoms with van der Waals surface area (Å²) in [5.74, 6) is -1.64. The van der Waals surface area contributed by atoms with E-state index >= 15 is 0 Å². The quantitative estimate of drug-likeness (QED) is 0.0419. The first kappa shape index (κ1) is 46.8. The fourth-order valence-electron chi connectivity index (χ4n) is 6.28. The number of hydrogen-bond acceptors (Lipinski definition) is 6. The predicted octanol–water partition coefficient (Wildman–Crippen LogP) is 8.03. The van der Waals surface area contributed by atoms with Gasteiger partial charge in [0.15, 0.2) is 0 Å². The van der Waals surface area contributed by atoms with E-state index in [0.717, 1.165) is 30.5 Å². The highest BCUT2D eigenvalue weighted by Gasteiger charge is 2.28. The molecule has 0 saturated carbocycles. The van der Waals surface area contributed by atoms with E-state index in [9.17, 15) is 23.6 Å². The lowest BCUT2D eigenvalue weighted by Crippen LogP contribution is -2.54. The van der Waals surface area contributed by atoms with Crippen molar-refractivity contribution in [2.24, 2.45) is 0 Å². The lowest BCUT2D eigenvalue weighted by atomic mass is 10.0. The molecular weight excluding hydrogens is 730 g/mol. The van der Waals surface area contributed by atoms with E-state index in [1.807, 2.05) is 29.2 Å². The van der Waals surface area contributed by atoms with Gasteiger partial charge in [-0.15, -0.1) is 23.2 Å². The molecule has 9 nitrogen and oxygen atoms in total. The number of hydrogen-bond donors (Lipinski definition) is 3. The van der Waals surface area contributed by atoms with Gasteiger partial charge in [0.1, 0.15) is 17.9 Å². The maximum atomic E-state index is 13.8. The van der Waals surface area contributed by atoms with Crippen LogP contribution in [0.2, 0.25) is 0 Å². The smallest absolute Gasteiger partial charge is 0.328 e. The fraction of sp³-hybridized carbons (Fsp3) is 0.619. The number of carbonyl (C=O) groups is 4. The molecule has 0 aliphatic carbocycles. The van der Waals surface area contributed by atoms with Crippen LogP contribution in [0, 0.1) is 5.82 Å². The summed E-state index contributed by atoms with van der Waals surface area (Å²) < 4.78 is 18.8. The Morgan fingerprint density at radius 2 is 1.28 bits per heavy atom. The lowest BCUT2D eigenvalue weighted by Gasteiger charge is -2.25. The number of halogens is 3. The van der Waals surface area contributed by atoms with Gasteiger partial charge in [-0.1, -0.05) is 108 Å². The topological polar surface area (TPSA) is 117 Å². The summed E-state index contributed by atoms with van der Waals surface area (Å²) in [5, 5.41) is 8.19. The van der Waals surface area contributed by atoms with Crippen LogP contribution in [-0.4, -0.2) is 73.8 Å². The van der Waals surface area contributed by atoms with Crippen molar-refractivity contribution in [1.82, 2.24) is 16.0 Å². The first-order chi connectivity index (χ1) is 26.2. The Hall–Kier alpha value is -3.37. The fourth-order valence-corrected chi connectivity index (χ4v) is 6.69. The van der Waals surface area contributed by atoms with Crippen LogP contribution < -0.4 is 20.9 Å². The van der Waals surface area contributed by atoms with Crippen molar-refractivity contribution in [1.29, 1.82) is 0 Å². The van der Waals surface area contributed by atoms with Crippen LogP contribution in [0.1, 0.15) is 115 Å². The minimum absolute atomic E-state index is 0.0576. The largest absolute Gasteiger partial charge is 0.464 e. The summed E-state index contributed by atoms with van der Waals surface area (Å²) in [6, 6.07) is 11.0. The first-order valence-corrected chi connectivity index (χ1v) is 21.0. The van der Waals surface area contributed by atoms with Crippen molar-refractivity contribution in [3.8, 4) is 0 Å². The average Bonchev–Trinajstić information content (AvgIpc) is 3.16. The molecule has 0 aliphatic rings. The zero-order valence-corrected chi connectivity index (χ0v) is 34.0. The van der Waals surface area contributed by atoms with Crippen molar-refractivity contribution in [2.75, 3.05) is 42.9 Å². The van der Waals surface area contributed by atoms with Crippen molar-refractivity contribution in [2.45, 2.75) is 129 Å². The van der Waals surface area contributed by atoms with Crippen LogP contribution in [-0.2, 0) is 36.8 Å². The van der Waals surface area contributed by atoms with E-state index in [-0.39, 0.29) is 31.9 Å². The summed E-state index contributed by atoms with van der Waals surface area (Å²) in [5.41, 5.74) is 2.23. The summed E-state index contributed by atoms with van der Waals surface area (Å²) in [7, 11) is 0. The highest BCUT2D eigenvalue weighted by Crippen LogP contribution is 2.19. The molecule has 2 aromatic rings. The van der Waals surface area contributed by atoms with Crippen molar-refractivity contribution in [3.63, 3.8) is 0 Å². The number of unbranched alkanes of at least 4 members (excludes halogenated alkanes) is 12. The Balaban J connectivity index is 1.99. The molecule has 0 fully saturated rings. The van der Waals surface area contributed by atoms with Gasteiger partial charge in [-0.2, -0.15) is 0 Å². The number of ether oxygens (including phenoxy) is 1. The Kier molecular flexibility index (Phi) is 25.1. The van der Waals surface area contributed by atoms with Crippen LogP contribution >= 0.6 is 23.2 Å². The molecular formula is C42H63Cl2FN4O5. The minimum Gasteiger partial charge on any atom is -0.464 e. The normalized spacial score (nSPS) is 12.1. The molecule has 0 aromatic heterocycles. The van der Waals surface area contributed by atoms with E-state index in [1.165, 1.54) is 88.5 Å². The van der Waals surface area contributed by atoms with Crippen molar-refractivity contribution in [3.05, 3.63) is 65.5 Å². The molecule has 3 amide bonds. The van der Waals surface area contributed by atoms with Crippen LogP contribution in [0.25, 0.3) is 0 Å². The van der Waals surface area contributed by atoms with Gasteiger partial charge in [0.25, 0.3) is 0 Å². The van der Waals surface area contributed by atoms with Gasteiger partial charge in [0.2, 0.25) is 17.7 Å². The molecule has 2 aromatic carbocycles. The molecule has 302 valence electrons. The number of esters is 1. The predicted molar refractivity (Wildman–Crippen MR) is 218 cm³/mol. The number of anilines is 1. The third-order valence-electron chi connectivity index (χ3n) is 9.27. The molecule has 0 radical (unpaired) electrons. The van der Waals surface area contributed by atoms with E-state index in [2.05, 4.69) is 22.9 Å². The number of alkyl halides is 2. The number of nitrogens with zero attached hydrogens (tertiary/aromatic N) is 1. The van der Waals surface area contributed by atoms with Gasteiger partial charge in [-0.3, -0.25) is 14.4 Å². The Morgan fingerprint density at radius 1 is 0.704 bits per heavy atom. The van der Waals surface area contributed by atoms with Crippen LogP contribution in [0.5, 0.6) is 0 Å². The van der Waals surface area contributed by atoms with Crippen LogP contribution in [0.3, 0.4) is 0 Å². The number of rotatable bonds is 30. The molecule has 3 N–H and O–H groups in total. The minimum atomic E-state index is -1.09. The van der Waals surface area contributed by atoms with Gasteiger partial charge < -0.3 is 25.6 Å². The van der Waals surface area contributed by atoms with Crippen LogP contribution in [0.4, 0.5) is 10.1 Å². The summed E-state index contributed by atoms with van der Waals surface area (Å²) >= 11 is 12.1. The Morgan fingerprint density at radius 3 is 1.85 bits per heavy atom. The van der Waals surface area contributed by atoms with Gasteiger partial charge in [0.05, 0.1) is 13.2 Å². The molecule has 12 heteroatoms. The van der Waals surface area contributed by atoms with Crippen molar-refractivity contribution >= 4 is 52.6 Å². The molecule has 2 unspecified atom stereocenters. The summed E-state index contributed by atoms with van der Waals surface area (Å²) in [4.78, 5) is 54.5. The maximum Gasteiger partial charge on any atom is 0.328 e. The molecule has 2 rings (SSSR count). The number of benzene rings is 2. The lowest BCUT2D eigenvalue weighted by molar-refractivity contribution is -0.147. The molecule has 0 saturated heterocycles. The average molecular weight is 794 g/mol. The number of carbonyl (C=O) groups excluding carboxylic acids is 4. The zero-order valence-electron chi connectivity index (χ0n) is 32.5. The monoisotopic (exact) mass is 792 g/mol. The van der Waals surface area contributed by atoms with E-state index in [4.69, 9.17) is 27.9 Å². The first-order valence-electron chi connectivity index (χ1n) is 19.9. The second kappa shape index (κ2) is 29.0. The van der Waals surface area contributed by atoms with E-state index in [0.29, 0.717) is 36.8 Å². The highest BCUT2D eigenvalue weighted by atomic mass is 35.5. The molecule has 2 atom stereocenters. The van der Waals surface area contributed by atoms with Gasteiger partial charge in [-0.25, -0.2) is 9.18 Å². The third kappa shape index (κ3) is 20.3. The second-order valence-corrected chi connectivity index (χ2v) is 14.5. The van der Waals surface area contributed by atoms with Gasteiger partial charge in [-0.05, 0) is 48.7 Å². The third-order valence-corrected chi connectivity index (χ3v) is 9.61. The SMILES string of the molecule is CCCCCCCCCCCCCCCC(=O)NCC(=O)NC(Cc1cccc(N(CCCl)CCCl)c1)C(=O)NC(Cc1ccc(F)cc1)C(=O)OCC. The Bertz CT molecular complexity index is 1360. The van der Waals surface area contributed by atoms with Gasteiger partial charge in [0, 0.05) is 49.8 Å². The second-order valence-electron chi connectivity index (χ2n) is 13.8. The van der Waals surface area contributed by atoms with E-state index in [1.54, 1.807) is 6.92 Å². The zero-order chi connectivity index (χ0) is 39.4. The molecule has 0 heterocycles. The van der Waals surface area contributed by atoms with Gasteiger partial charge >= 0.3 is 5.97 Å². The van der Waals surface area contributed by atoms with Crippen molar-refractivity contribution < 1.29 is 28.3 Å². The molecule has 0 bridgehead atoms. The van der Waals surface area contributed by atoms with E-state index < -0.39 is 35.7 Å². The molecule has 0 aliphatic heterocycles. The molecule has 0 spiro atoms. The molecule has 54 heavy (non-hydrogen) atoms. The van der Waals surface area contributed by atoms with Crippen LogP contribution in [0.15, 0.2) is 48.5 Å². The Labute approximate surface area is 332 Å². The number of amides is 3. The summed E-state index contributed by atoms with van der Waals surface area (Å²) in [6.45, 7) is 4.85. The number of nitrogens with one attached hydrogen (secondary N) is 3. The maximum absolute atomic E-state index is 13.8. The summed E-state index contributed by atoms with van der Waals surface area (Å²) in [6.07, 6.45) is 16.2. The standard InChI is InChI=1S/C42H63Cl2FN4O5/c1-3-5-6-7-8-9-10-11-12-13-14-15-16-20-39(50)46-32-40(51)47-37(31-34-18-17-19-36(29-34)49(27-25-43)28-26-44)41(52)48-38(42(53)54-4-2)30-33-21-23-35(45)24-22-33/h17-19,21-24,29,37-38H,3-16,20,25-28,30-32H2,1-2H3,(H,46,50)(H,47,51)(H,48,52). The highest BCUT2D eigenvalue weighted by molar-refractivity contribution is 6.18.